The zero-order valence-corrected chi connectivity index (χ0v) is 10.7. The Labute approximate surface area is 107 Å². The molecule has 2 aromatic carbocycles. The molecule has 0 atom stereocenters. The summed E-state index contributed by atoms with van der Waals surface area (Å²) in [6.45, 7) is 4.05. The number of carbonyl (C=O) groups excluding carboxylic acids is 1. The SMILES string of the molecule is CCc1ccc(C(=O)c2cc(C)ccc2N)cc1. The highest BCUT2D eigenvalue weighted by Gasteiger charge is 2.12. The molecule has 0 saturated heterocycles. The van der Waals surface area contributed by atoms with E-state index in [0.717, 1.165) is 12.0 Å². The number of benzene rings is 2. The van der Waals surface area contributed by atoms with Gasteiger partial charge in [0.15, 0.2) is 5.78 Å². The lowest BCUT2D eigenvalue weighted by Gasteiger charge is -2.06. The Kier molecular flexibility index (Phi) is 3.47. The van der Waals surface area contributed by atoms with Crippen molar-refractivity contribution < 1.29 is 4.79 Å². The fraction of sp³-hybridized carbons (Fsp3) is 0.188. The van der Waals surface area contributed by atoms with E-state index in [1.54, 1.807) is 6.07 Å². The maximum absolute atomic E-state index is 12.3. The van der Waals surface area contributed by atoms with E-state index in [-0.39, 0.29) is 5.78 Å². The Morgan fingerprint density at radius 2 is 1.78 bits per heavy atom. The topological polar surface area (TPSA) is 43.1 Å². The third-order valence-corrected chi connectivity index (χ3v) is 3.08. The second-order valence-electron chi connectivity index (χ2n) is 4.47. The van der Waals surface area contributed by atoms with Crippen molar-refractivity contribution in [2.75, 3.05) is 5.73 Å². The van der Waals surface area contributed by atoms with Crippen LogP contribution in [0.5, 0.6) is 0 Å². The molecule has 18 heavy (non-hydrogen) atoms. The number of rotatable bonds is 3. The van der Waals surface area contributed by atoms with E-state index in [1.165, 1.54) is 5.56 Å². The molecule has 0 aromatic heterocycles. The lowest BCUT2D eigenvalue weighted by atomic mass is 9.99. The molecule has 0 heterocycles. The summed E-state index contributed by atoms with van der Waals surface area (Å²) in [7, 11) is 0. The molecule has 0 unspecified atom stereocenters. The van der Waals surface area contributed by atoms with Crippen LogP contribution in [-0.4, -0.2) is 5.78 Å². The van der Waals surface area contributed by atoms with Crippen molar-refractivity contribution in [3.63, 3.8) is 0 Å². The van der Waals surface area contributed by atoms with Gasteiger partial charge in [-0.2, -0.15) is 0 Å². The zero-order valence-electron chi connectivity index (χ0n) is 10.7. The summed E-state index contributed by atoms with van der Waals surface area (Å²) in [5.41, 5.74) is 9.93. The summed E-state index contributed by atoms with van der Waals surface area (Å²) in [4.78, 5) is 12.3. The quantitative estimate of drug-likeness (QED) is 0.659. The van der Waals surface area contributed by atoms with Gasteiger partial charge < -0.3 is 5.73 Å². The number of carbonyl (C=O) groups is 1. The highest BCUT2D eigenvalue weighted by atomic mass is 16.1. The van der Waals surface area contributed by atoms with Crippen molar-refractivity contribution in [3.8, 4) is 0 Å². The molecule has 2 heteroatoms. The number of aryl methyl sites for hydroxylation is 2. The van der Waals surface area contributed by atoms with Crippen LogP contribution in [0.4, 0.5) is 5.69 Å². The minimum atomic E-state index is -0.0150. The molecule has 2 nitrogen and oxygen atoms in total. The highest BCUT2D eigenvalue weighted by molar-refractivity contribution is 6.12. The number of hydrogen-bond donors (Lipinski definition) is 1. The molecule has 0 aliphatic rings. The molecule has 2 aromatic rings. The van der Waals surface area contributed by atoms with Crippen molar-refractivity contribution in [2.45, 2.75) is 20.3 Å². The van der Waals surface area contributed by atoms with Crippen LogP contribution in [-0.2, 0) is 6.42 Å². The smallest absolute Gasteiger partial charge is 0.195 e. The Morgan fingerprint density at radius 3 is 2.39 bits per heavy atom. The summed E-state index contributed by atoms with van der Waals surface area (Å²) in [5.74, 6) is -0.0150. The third kappa shape index (κ3) is 2.43. The van der Waals surface area contributed by atoms with Crippen molar-refractivity contribution in [2.24, 2.45) is 0 Å². The number of nitrogens with two attached hydrogens (primary N) is 1. The third-order valence-electron chi connectivity index (χ3n) is 3.08. The minimum Gasteiger partial charge on any atom is -0.398 e. The molecule has 0 amide bonds. The first-order chi connectivity index (χ1) is 8.61. The molecular weight excluding hydrogens is 222 g/mol. The zero-order chi connectivity index (χ0) is 13.1. The standard InChI is InChI=1S/C16H17NO/c1-3-12-5-7-13(8-6-12)16(18)14-10-11(2)4-9-15(14)17/h4-10H,3,17H2,1-2H3. The van der Waals surface area contributed by atoms with Gasteiger partial charge in [-0.05, 0) is 31.0 Å². The van der Waals surface area contributed by atoms with Crippen molar-refractivity contribution >= 4 is 11.5 Å². The summed E-state index contributed by atoms with van der Waals surface area (Å²) in [6.07, 6.45) is 0.973. The predicted molar refractivity (Wildman–Crippen MR) is 74.8 cm³/mol. The van der Waals surface area contributed by atoms with E-state index >= 15 is 0 Å². The van der Waals surface area contributed by atoms with Gasteiger partial charge in [0.2, 0.25) is 0 Å². The summed E-state index contributed by atoms with van der Waals surface area (Å²) >= 11 is 0. The van der Waals surface area contributed by atoms with Gasteiger partial charge in [0, 0.05) is 16.8 Å². The Morgan fingerprint density at radius 1 is 1.11 bits per heavy atom. The number of hydrogen-bond acceptors (Lipinski definition) is 2. The Hall–Kier alpha value is -2.09. The molecule has 0 aliphatic carbocycles. The summed E-state index contributed by atoms with van der Waals surface area (Å²) < 4.78 is 0. The Balaban J connectivity index is 2.38. The molecule has 2 N–H and O–H groups in total. The second kappa shape index (κ2) is 5.05. The van der Waals surface area contributed by atoms with E-state index in [0.29, 0.717) is 16.8 Å². The molecule has 0 aliphatic heterocycles. The van der Waals surface area contributed by atoms with Crippen LogP contribution < -0.4 is 5.73 Å². The van der Waals surface area contributed by atoms with Crippen molar-refractivity contribution in [3.05, 3.63) is 64.7 Å². The largest absolute Gasteiger partial charge is 0.398 e. The van der Waals surface area contributed by atoms with E-state index in [2.05, 4.69) is 6.92 Å². The molecule has 0 fully saturated rings. The van der Waals surface area contributed by atoms with Gasteiger partial charge in [0.25, 0.3) is 0 Å². The predicted octanol–water partition coefficient (Wildman–Crippen LogP) is 3.37. The van der Waals surface area contributed by atoms with Crippen LogP contribution in [0, 0.1) is 6.92 Å². The summed E-state index contributed by atoms with van der Waals surface area (Å²) in [6, 6.07) is 13.2. The molecular formula is C16H17NO. The van der Waals surface area contributed by atoms with Gasteiger partial charge >= 0.3 is 0 Å². The average Bonchev–Trinajstić information content (AvgIpc) is 2.41. The number of ketones is 1. The Bertz CT molecular complexity index is 570. The fourth-order valence-electron chi connectivity index (χ4n) is 1.91. The molecule has 0 radical (unpaired) electrons. The van der Waals surface area contributed by atoms with Gasteiger partial charge in [-0.15, -0.1) is 0 Å². The maximum Gasteiger partial charge on any atom is 0.195 e. The van der Waals surface area contributed by atoms with Crippen molar-refractivity contribution in [1.82, 2.24) is 0 Å². The van der Waals surface area contributed by atoms with E-state index in [9.17, 15) is 4.79 Å². The highest BCUT2D eigenvalue weighted by Crippen LogP contribution is 2.18. The number of nitrogen functional groups attached to an aromatic ring is 1. The number of anilines is 1. The first-order valence-electron chi connectivity index (χ1n) is 6.11. The summed E-state index contributed by atoms with van der Waals surface area (Å²) in [5, 5.41) is 0. The minimum absolute atomic E-state index is 0.0150. The van der Waals surface area contributed by atoms with Gasteiger partial charge in [-0.25, -0.2) is 0 Å². The van der Waals surface area contributed by atoms with Gasteiger partial charge in [-0.1, -0.05) is 42.8 Å². The van der Waals surface area contributed by atoms with Crippen LogP contribution >= 0.6 is 0 Å². The normalized spacial score (nSPS) is 10.3. The van der Waals surface area contributed by atoms with Crippen LogP contribution in [0.2, 0.25) is 0 Å². The van der Waals surface area contributed by atoms with Crippen LogP contribution in [0.25, 0.3) is 0 Å². The fourth-order valence-corrected chi connectivity index (χ4v) is 1.91. The molecule has 0 bridgehead atoms. The lowest BCUT2D eigenvalue weighted by molar-refractivity contribution is 0.103. The lowest BCUT2D eigenvalue weighted by Crippen LogP contribution is -2.05. The maximum atomic E-state index is 12.3. The molecule has 0 saturated carbocycles. The first-order valence-corrected chi connectivity index (χ1v) is 6.11. The van der Waals surface area contributed by atoms with Crippen LogP contribution in [0.1, 0.15) is 34.0 Å². The molecule has 92 valence electrons. The van der Waals surface area contributed by atoms with Crippen LogP contribution in [0.3, 0.4) is 0 Å². The van der Waals surface area contributed by atoms with Gasteiger partial charge in [0.1, 0.15) is 0 Å². The monoisotopic (exact) mass is 239 g/mol. The van der Waals surface area contributed by atoms with E-state index in [1.807, 2.05) is 43.3 Å². The van der Waals surface area contributed by atoms with Gasteiger partial charge in [0.05, 0.1) is 0 Å². The molecule has 0 spiro atoms. The second-order valence-corrected chi connectivity index (χ2v) is 4.47. The first kappa shape index (κ1) is 12.4. The van der Waals surface area contributed by atoms with Crippen molar-refractivity contribution in [1.29, 1.82) is 0 Å². The van der Waals surface area contributed by atoms with Gasteiger partial charge in [-0.3, -0.25) is 4.79 Å². The molecule has 2 rings (SSSR count). The average molecular weight is 239 g/mol. The van der Waals surface area contributed by atoms with E-state index in [4.69, 9.17) is 5.73 Å². The van der Waals surface area contributed by atoms with E-state index < -0.39 is 0 Å². The van der Waals surface area contributed by atoms with Crippen LogP contribution in [0.15, 0.2) is 42.5 Å².